The standard InChI is InChI=1S/C38H24O3/c39-37(28-15-5-2-6-16-28)32-23-31-29-17-9-7-11-25(29)19-21-33(31)41-38(32)24-35(27-13-3-1-4-14-27)40-34-22-20-26-12-8-10-18-30(26)36(34)38/h1-24H. The second-order valence-electron chi connectivity index (χ2n) is 10.4. The predicted octanol–water partition coefficient (Wildman–Crippen LogP) is 8.98. The van der Waals surface area contributed by atoms with E-state index in [1.165, 1.54) is 0 Å². The highest BCUT2D eigenvalue weighted by atomic mass is 16.5. The number of rotatable bonds is 3. The first-order chi connectivity index (χ1) is 20.2. The number of benzene rings is 6. The first-order valence-corrected chi connectivity index (χ1v) is 13.7. The Bertz CT molecular complexity index is 2050. The Hall–Kier alpha value is -5.41. The van der Waals surface area contributed by atoms with Gasteiger partial charge in [0.05, 0.1) is 11.1 Å². The summed E-state index contributed by atoms with van der Waals surface area (Å²) in [4.78, 5) is 14.6. The Morgan fingerprint density at radius 2 is 1.20 bits per heavy atom. The molecule has 6 aromatic rings. The lowest BCUT2D eigenvalue weighted by Crippen LogP contribution is -2.41. The largest absolute Gasteiger partial charge is 0.473 e. The van der Waals surface area contributed by atoms with Crippen LogP contribution in [0.15, 0.2) is 145 Å². The van der Waals surface area contributed by atoms with Crippen molar-refractivity contribution in [1.29, 1.82) is 0 Å². The van der Waals surface area contributed by atoms with Gasteiger partial charge in [-0.05, 0) is 39.8 Å². The summed E-state index contributed by atoms with van der Waals surface area (Å²) in [6, 6.07) is 43.9. The molecule has 3 heteroatoms. The molecule has 0 aliphatic carbocycles. The van der Waals surface area contributed by atoms with Gasteiger partial charge < -0.3 is 9.47 Å². The molecule has 1 unspecified atom stereocenters. The van der Waals surface area contributed by atoms with Gasteiger partial charge in [-0.15, -0.1) is 0 Å². The molecular weight excluding hydrogens is 504 g/mol. The Kier molecular flexibility index (Phi) is 5.19. The van der Waals surface area contributed by atoms with Crippen molar-refractivity contribution in [3.05, 3.63) is 167 Å². The number of fused-ring (bicyclic) bond motifs is 7. The van der Waals surface area contributed by atoms with Crippen molar-refractivity contribution in [1.82, 2.24) is 0 Å². The van der Waals surface area contributed by atoms with E-state index in [1.54, 1.807) is 0 Å². The number of hydrogen-bond acceptors (Lipinski definition) is 3. The minimum atomic E-state index is -1.23. The van der Waals surface area contributed by atoms with Crippen molar-refractivity contribution in [2.75, 3.05) is 0 Å². The van der Waals surface area contributed by atoms with Crippen molar-refractivity contribution < 1.29 is 14.3 Å². The number of carbonyl (C=O) groups excluding carboxylic acids is 1. The van der Waals surface area contributed by atoms with Crippen molar-refractivity contribution in [3.63, 3.8) is 0 Å². The Morgan fingerprint density at radius 3 is 1.95 bits per heavy atom. The van der Waals surface area contributed by atoms with Crippen LogP contribution >= 0.6 is 0 Å². The zero-order valence-electron chi connectivity index (χ0n) is 22.1. The van der Waals surface area contributed by atoms with E-state index in [9.17, 15) is 4.79 Å². The molecule has 0 amide bonds. The smallest absolute Gasteiger partial charge is 0.193 e. The number of Topliss-reactive ketones (excluding diaryl/α,β-unsaturated/α-hetero) is 1. The van der Waals surface area contributed by atoms with Crippen molar-refractivity contribution in [2.24, 2.45) is 0 Å². The Morgan fingerprint density at radius 1 is 0.585 bits per heavy atom. The molecule has 0 saturated carbocycles. The van der Waals surface area contributed by atoms with Gasteiger partial charge >= 0.3 is 0 Å². The van der Waals surface area contributed by atoms with Gasteiger partial charge in [0.15, 0.2) is 11.4 Å². The molecule has 3 nitrogen and oxygen atoms in total. The van der Waals surface area contributed by atoms with Crippen LogP contribution in [-0.2, 0) is 5.60 Å². The fourth-order valence-corrected chi connectivity index (χ4v) is 6.13. The SMILES string of the molecule is O=C(C1=Cc2c(ccc3ccccc23)OC12C=C(c1ccccc1)Oc1ccc3ccccc3c12)c1ccccc1. The fraction of sp³-hybridized carbons (Fsp3) is 0.0263. The van der Waals surface area contributed by atoms with Crippen molar-refractivity contribution >= 4 is 39.2 Å². The molecule has 0 radical (unpaired) electrons. The van der Waals surface area contributed by atoms with E-state index >= 15 is 0 Å². The van der Waals surface area contributed by atoms with Gasteiger partial charge in [-0.25, -0.2) is 0 Å². The number of hydrogen-bond donors (Lipinski definition) is 0. The highest BCUT2D eigenvalue weighted by Gasteiger charge is 2.49. The summed E-state index contributed by atoms with van der Waals surface area (Å²) >= 11 is 0. The molecule has 41 heavy (non-hydrogen) atoms. The third-order valence-corrected chi connectivity index (χ3v) is 8.05. The molecule has 1 atom stereocenters. The lowest BCUT2D eigenvalue weighted by atomic mass is 9.75. The zero-order chi connectivity index (χ0) is 27.4. The second kappa shape index (κ2) is 9.07. The summed E-state index contributed by atoms with van der Waals surface area (Å²) in [5, 5.41) is 4.15. The van der Waals surface area contributed by atoms with E-state index in [0.717, 1.165) is 44.0 Å². The first-order valence-electron chi connectivity index (χ1n) is 13.7. The van der Waals surface area contributed by atoms with E-state index < -0.39 is 5.60 Å². The van der Waals surface area contributed by atoms with Gasteiger partial charge in [0, 0.05) is 22.8 Å². The Labute approximate surface area is 237 Å². The molecule has 0 fully saturated rings. The monoisotopic (exact) mass is 528 g/mol. The maximum absolute atomic E-state index is 14.6. The second-order valence-corrected chi connectivity index (χ2v) is 10.4. The zero-order valence-corrected chi connectivity index (χ0v) is 22.1. The summed E-state index contributed by atoms with van der Waals surface area (Å²) in [5.41, 5.74) is 2.54. The van der Waals surface area contributed by atoms with Crippen LogP contribution in [0, 0.1) is 0 Å². The third kappa shape index (κ3) is 3.63. The van der Waals surface area contributed by atoms with Crippen LogP contribution in [0.1, 0.15) is 27.0 Å². The topological polar surface area (TPSA) is 35.5 Å². The minimum Gasteiger partial charge on any atom is -0.473 e. The van der Waals surface area contributed by atoms with Crippen molar-refractivity contribution in [2.45, 2.75) is 5.60 Å². The summed E-state index contributed by atoms with van der Waals surface area (Å²) in [6.45, 7) is 0. The molecule has 2 aliphatic heterocycles. The molecule has 2 heterocycles. The molecule has 6 aromatic carbocycles. The van der Waals surface area contributed by atoms with Crippen LogP contribution in [-0.4, -0.2) is 5.78 Å². The maximum atomic E-state index is 14.6. The summed E-state index contributed by atoms with van der Waals surface area (Å²) in [5.74, 6) is 1.94. The molecule has 194 valence electrons. The van der Waals surface area contributed by atoms with Gasteiger partial charge in [0.25, 0.3) is 0 Å². The molecule has 0 N–H and O–H groups in total. The van der Waals surface area contributed by atoms with Crippen LogP contribution in [0.5, 0.6) is 11.5 Å². The van der Waals surface area contributed by atoms with Gasteiger partial charge in [0.1, 0.15) is 17.3 Å². The average Bonchev–Trinajstić information content (AvgIpc) is 3.04. The molecule has 0 aromatic heterocycles. The fourth-order valence-electron chi connectivity index (χ4n) is 6.13. The van der Waals surface area contributed by atoms with E-state index in [0.29, 0.717) is 22.6 Å². The van der Waals surface area contributed by atoms with Crippen LogP contribution in [0.3, 0.4) is 0 Å². The van der Waals surface area contributed by atoms with Crippen LogP contribution in [0.4, 0.5) is 0 Å². The summed E-state index contributed by atoms with van der Waals surface area (Å²) < 4.78 is 13.8. The van der Waals surface area contributed by atoms with E-state index in [4.69, 9.17) is 9.47 Å². The lowest BCUT2D eigenvalue weighted by Gasteiger charge is -2.42. The van der Waals surface area contributed by atoms with E-state index in [2.05, 4.69) is 36.4 Å². The van der Waals surface area contributed by atoms with Gasteiger partial charge in [-0.1, -0.05) is 121 Å². The highest BCUT2D eigenvalue weighted by molar-refractivity contribution is 6.16. The maximum Gasteiger partial charge on any atom is 0.193 e. The van der Waals surface area contributed by atoms with Crippen LogP contribution in [0.25, 0.3) is 33.4 Å². The molecule has 2 aliphatic rings. The molecular formula is C38H24O3. The number of ketones is 1. The summed E-state index contributed by atoms with van der Waals surface area (Å²) in [7, 11) is 0. The Balaban J connectivity index is 1.49. The average molecular weight is 529 g/mol. The molecule has 0 bridgehead atoms. The molecule has 8 rings (SSSR count). The van der Waals surface area contributed by atoms with E-state index in [1.807, 2.05) is 109 Å². The first kappa shape index (κ1) is 23.5. The molecule has 1 spiro atoms. The van der Waals surface area contributed by atoms with Crippen LogP contribution in [0.2, 0.25) is 0 Å². The predicted molar refractivity (Wildman–Crippen MR) is 164 cm³/mol. The lowest BCUT2D eigenvalue weighted by molar-refractivity contribution is 0.0930. The van der Waals surface area contributed by atoms with Gasteiger partial charge in [-0.2, -0.15) is 0 Å². The van der Waals surface area contributed by atoms with Gasteiger partial charge in [0.2, 0.25) is 0 Å². The van der Waals surface area contributed by atoms with Gasteiger partial charge in [-0.3, -0.25) is 4.79 Å². The van der Waals surface area contributed by atoms with E-state index in [-0.39, 0.29) is 5.78 Å². The quantitative estimate of drug-likeness (QED) is 0.215. The van der Waals surface area contributed by atoms with Crippen molar-refractivity contribution in [3.8, 4) is 11.5 Å². The molecule has 0 saturated heterocycles. The minimum absolute atomic E-state index is 0.0892. The number of ether oxygens (including phenoxy) is 2. The number of carbonyl (C=O) groups is 1. The highest BCUT2D eigenvalue weighted by Crippen LogP contribution is 2.54. The normalized spacial score (nSPS) is 17.2. The summed E-state index contributed by atoms with van der Waals surface area (Å²) in [6.07, 6.45) is 4.02. The van der Waals surface area contributed by atoms with Crippen LogP contribution < -0.4 is 9.47 Å². The third-order valence-electron chi connectivity index (χ3n) is 8.05.